The van der Waals surface area contributed by atoms with Crippen LogP contribution in [0.1, 0.15) is 28.3 Å². The van der Waals surface area contributed by atoms with Crippen LogP contribution in [0.3, 0.4) is 0 Å². The second-order valence-corrected chi connectivity index (χ2v) is 10.3. The van der Waals surface area contributed by atoms with Crippen LogP contribution in [0.2, 0.25) is 10.0 Å². The Morgan fingerprint density at radius 3 is 2.42 bits per heavy atom. The van der Waals surface area contributed by atoms with Crippen LogP contribution in [0.5, 0.6) is 5.75 Å². The fraction of sp³-hybridized carbons (Fsp3) is 0.148. The first-order chi connectivity index (χ1) is 17.2. The SMILES string of the molecule is COc1ccc(/C(O)=C2\C(=O)C(=O)N(c3nc4c(C)cc(C)cc4s3)C2c2ccc(Cl)c(Cl)c2)cc1. The molecule has 36 heavy (non-hydrogen) atoms. The van der Waals surface area contributed by atoms with Gasteiger partial charge in [-0.15, -0.1) is 0 Å². The molecule has 6 nitrogen and oxygen atoms in total. The van der Waals surface area contributed by atoms with Crippen LogP contribution in [-0.4, -0.2) is 28.9 Å². The van der Waals surface area contributed by atoms with Crippen molar-refractivity contribution in [3.05, 3.63) is 92.5 Å². The van der Waals surface area contributed by atoms with E-state index in [-0.39, 0.29) is 16.4 Å². The number of fused-ring (bicyclic) bond motifs is 1. The van der Waals surface area contributed by atoms with Gasteiger partial charge >= 0.3 is 5.91 Å². The van der Waals surface area contributed by atoms with Gasteiger partial charge in [-0.2, -0.15) is 0 Å². The molecular formula is C27H20Cl2N2O4S. The summed E-state index contributed by atoms with van der Waals surface area (Å²) in [4.78, 5) is 32.9. The second kappa shape index (κ2) is 9.24. The number of hydrogen-bond acceptors (Lipinski definition) is 6. The third kappa shape index (κ3) is 4.03. The van der Waals surface area contributed by atoms with Crippen molar-refractivity contribution in [2.24, 2.45) is 0 Å². The van der Waals surface area contributed by atoms with Crippen molar-refractivity contribution in [2.75, 3.05) is 12.0 Å². The molecule has 5 rings (SSSR count). The van der Waals surface area contributed by atoms with Gasteiger partial charge in [-0.05, 0) is 73.0 Å². The standard InChI is InChI=1S/C27H20Cl2N2O4S/c1-13-10-14(2)22-20(11-13)36-27(30-22)31-23(16-6-9-18(28)19(29)12-16)21(25(33)26(31)34)24(32)15-4-7-17(35-3)8-5-15/h4-12,23,32H,1-3H3/b24-21+. The molecule has 2 heterocycles. The highest BCUT2D eigenvalue weighted by atomic mass is 35.5. The van der Waals surface area contributed by atoms with E-state index in [9.17, 15) is 14.7 Å². The Balaban J connectivity index is 1.74. The van der Waals surface area contributed by atoms with Crippen molar-refractivity contribution in [3.8, 4) is 5.75 Å². The monoisotopic (exact) mass is 538 g/mol. The van der Waals surface area contributed by atoms with Gasteiger partial charge in [0.25, 0.3) is 5.78 Å². The minimum absolute atomic E-state index is 0.0595. The van der Waals surface area contributed by atoms with Crippen LogP contribution < -0.4 is 9.64 Å². The second-order valence-electron chi connectivity index (χ2n) is 8.50. The average Bonchev–Trinajstić information content (AvgIpc) is 3.39. The number of nitrogens with zero attached hydrogens (tertiary/aromatic N) is 2. The number of ether oxygens (including phenoxy) is 1. The molecule has 0 spiro atoms. The summed E-state index contributed by atoms with van der Waals surface area (Å²) >= 11 is 13.8. The maximum absolute atomic E-state index is 13.4. The number of aliphatic hydroxyl groups is 1. The first-order valence-corrected chi connectivity index (χ1v) is 12.5. The molecule has 1 saturated heterocycles. The van der Waals surface area contributed by atoms with Crippen LogP contribution in [0, 0.1) is 13.8 Å². The lowest BCUT2D eigenvalue weighted by Gasteiger charge is -2.23. The van der Waals surface area contributed by atoms with Gasteiger partial charge in [0.1, 0.15) is 11.5 Å². The number of aliphatic hydroxyl groups excluding tert-OH is 1. The highest BCUT2D eigenvalue weighted by Crippen LogP contribution is 2.45. The van der Waals surface area contributed by atoms with Gasteiger partial charge in [-0.25, -0.2) is 4.98 Å². The summed E-state index contributed by atoms with van der Waals surface area (Å²) in [6.07, 6.45) is 0. The highest BCUT2D eigenvalue weighted by Gasteiger charge is 2.48. The maximum atomic E-state index is 13.4. The number of benzene rings is 3. The van der Waals surface area contributed by atoms with E-state index in [0.717, 1.165) is 21.3 Å². The topological polar surface area (TPSA) is 79.7 Å². The zero-order valence-corrected chi connectivity index (χ0v) is 21.8. The Morgan fingerprint density at radius 2 is 1.75 bits per heavy atom. The molecule has 0 saturated carbocycles. The summed E-state index contributed by atoms with van der Waals surface area (Å²) in [5, 5.41) is 12.2. The number of Topliss-reactive ketones (excluding diaryl/α,β-unsaturated/α-hetero) is 1. The quantitative estimate of drug-likeness (QED) is 0.174. The van der Waals surface area contributed by atoms with E-state index in [0.29, 0.717) is 27.0 Å². The molecule has 4 aromatic rings. The van der Waals surface area contributed by atoms with Crippen molar-refractivity contribution in [1.82, 2.24) is 4.98 Å². The van der Waals surface area contributed by atoms with E-state index in [1.807, 2.05) is 26.0 Å². The molecule has 1 aliphatic heterocycles. The minimum Gasteiger partial charge on any atom is -0.507 e. The normalized spacial score (nSPS) is 17.2. The molecule has 182 valence electrons. The number of carbonyl (C=O) groups excluding carboxylic acids is 2. The lowest BCUT2D eigenvalue weighted by atomic mass is 9.95. The number of aromatic nitrogens is 1. The Kier molecular flexibility index (Phi) is 6.24. The average molecular weight is 539 g/mol. The van der Waals surface area contributed by atoms with Gasteiger partial charge in [-0.1, -0.05) is 46.7 Å². The van der Waals surface area contributed by atoms with E-state index in [2.05, 4.69) is 0 Å². The highest BCUT2D eigenvalue weighted by molar-refractivity contribution is 7.22. The number of amides is 1. The smallest absolute Gasteiger partial charge is 0.301 e. The number of ketones is 1. The molecule has 9 heteroatoms. The molecule has 0 radical (unpaired) electrons. The van der Waals surface area contributed by atoms with Crippen LogP contribution in [0.15, 0.2) is 60.2 Å². The van der Waals surface area contributed by atoms with Crippen molar-refractivity contribution in [1.29, 1.82) is 0 Å². The summed E-state index contributed by atoms with van der Waals surface area (Å²) < 4.78 is 6.08. The zero-order chi connectivity index (χ0) is 25.7. The van der Waals surface area contributed by atoms with Crippen LogP contribution in [0.25, 0.3) is 16.0 Å². The largest absolute Gasteiger partial charge is 0.507 e. The fourth-order valence-corrected chi connectivity index (χ4v) is 5.87. The molecule has 3 aromatic carbocycles. The Hall–Kier alpha value is -3.39. The van der Waals surface area contributed by atoms with Crippen molar-refractivity contribution < 1.29 is 19.4 Å². The summed E-state index contributed by atoms with van der Waals surface area (Å²) in [5.41, 5.74) is 3.62. The van der Waals surface area contributed by atoms with E-state index in [1.54, 1.807) is 42.5 Å². The number of halogens is 2. The van der Waals surface area contributed by atoms with E-state index in [1.165, 1.54) is 23.3 Å². The number of carbonyl (C=O) groups is 2. The maximum Gasteiger partial charge on any atom is 0.301 e. The first kappa shape index (κ1) is 24.3. The molecule has 1 N–H and O–H groups in total. The third-order valence-corrected chi connectivity index (χ3v) is 7.83. The van der Waals surface area contributed by atoms with Crippen molar-refractivity contribution >= 4 is 67.3 Å². The van der Waals surface area contributed by atoms with E-state index < -0.39 is 17.7 Å². The molecule has 1 atom stereocenters. The number of rotatable bonds is 4. The number of hydrogen-bond donors (Lipinski definition) is 1. The lowest BCUT2D eigenvalue weighted by Crippen LogP contribution is -2.29. The summed E-state index contributed by atoms with van der Waals surface area (Å²) in [6.45, 7) is 3.94. The Labute approximate surface area is 221 Å². The van der Waals surface area contributed by atoms with Crippen LogP contribution >= 0.6 is 34.5 Å². The fourth-order valence-electron chi connectivity index (χ4n) is 4.39. The van der Waals surface area contributed by atoms with E-state index in [4.69, 9.17) is 32.9 Å². The molecule has 1 unspecified atom stereocenters. The molecular weight excluding hydrogens is 519 g/mol. The summed E-state index contributed by atoms with van der Waals surface area (Å²) in [7, 11) is 1.53. The van der Waals surface area contributed by atoms with Crippen LogP contribution in [-0.2, 0) is 9.59 Å². The molecule has 0 bridgehead atoms. The number of aryl methyl sites for hydroxylation is 2. The third-order valence-electron chi connectivity index (χ3n) is 6.09. The Morgan fingerprint density at radius 1 is 1.03 bits per heavy atom. The number of anilines is 1. The van der Waals surface area contributed by atoms with Gasteiger partial charge in [0.2, 0.25) is 0 Å². The lowest BCUT2D eigenvalue weighted by molar-refractivity contribution is -0.132. The summed E-state index contributed by atoms with van der Waals surface area (Å²) in [5.74, 6) is -1.31. The predicted molar refractivity (Wildman–Crippen MR) is 143 cm³/mol. The van der Waals surface area contributed by atoms with Gasteiger partial charge in [-0.3, -0.25) is 14.5 Å². The number of methoxy groups -OCH3 is 1. The number of thiazole rings is 1. The predicted octanol–water partition coefficient (Wildman–Crippen LogP) is 6.85. The van der Waals surface area contributed by atoms with Crippen molar-refractivity contribution in [2.45, 2.75) is 19.9 Å². The van der Waals surface area contributed by atoms with Gasteiger partial charge < -0.3 is 9.84 Å². The molecule has 1 aromatic heterocycles. The minimum atomic E-state index is -0.955. The van der Waals surface area contributed by atoms with Gasteiger partial charge in [0, 0.05) is 5.56 Å². The van der Waals surface area contributed by atoms with Gasteiger partial charge in [0.15, 0.2) is 5.13 Å². The zero-order valence-electron chi connectivity index (χ0n) is 19.5. The molecule has 1 amide bonds. The Bertz CT molecular complexity index is 1580. The summed E-state index contributed by atoms with van der Waals surface area (Å²) in [6, 6.07) is 14.5. The van der Waals surface area contributed by atoms with Gasteiger partial charge in [0.05, 0.1) is 39.0 Å². The first-order valence-electron chi connectivity index (χ1n) is 11.0. The van der Waals surface area contributed by atoms with Crippen molar-refractivity contribution in [3.63, 3.8) is 0 Å². The van der Waals surface area contributed by atoms with Crippen LogP contribution in [0.4, 0.5) is 5.13 Å². The molecule has 1 fully saturated rings. The molecule has 0 aliphatic carbocycles. The van der Waals surface area contributed by atoms with E-state index >= 15 is 0 Å². The molecule has 1 aliphatic rings.